The lowest BCUT2D eigenvalue weighted by Gasteiger charge is -2.16. The van der Waals surface area contributed by atoms with E-state index in [9.17, 15) is 0 Å². The molecule has 10 aromatic rings. The molecular formula is C95H161N13. The normalized spacial score (nSPS) is 9.57. The molecular weight excluding hydrogens is 1320 g/mol. The maximum absolute atomic E-state index is 4.49. The number of hydrogen-bond donors (Lipinski definition) is 0. The van der Waals surface area contributed by atoms with Crippen molar-refractivity contribution in [3.05, 3.63) is 259 Å². The second-order valence-electron chi connectivity index (χ2n) is 27.0. The Morgan fingerprint density at radius 1 is 0.269 bits per heavy atom. The minimum Gasteiger partial charge on any atom is -0.265 e. The summed E-state index contributed by atoms with van der Waals surface area (Å²) in [6.45, 7) is 85.1. The highest BCUT2D eigenvalue weighted by Gasteiger charge is 2.17. The Kier molecular flexibility index (Phi) is 79.1. The van der Waals surface area contributed by atoms with Crippen LogP contribution in [-0.4, -0.2) is 65.0 Å². The second-order valence-corrected chi connectivity index (χ2v) is 27.0. The number of aryl methyl sites for hydroxylation is 1. The molecule has 0 unspecified atom stereocenters. The van der Waals surface area contributed by atoms with Crippen LogP contribution < -0.4 is 0 Å². The maximum atomic E-state index is 4.49. The van der Waals surface area contributed by atoms with Gasteiger partial charge in [-0.25, -0.2) is 29.9 Å². The van der Waals surface area contributed by atoms with E-state index in [0.717, 1.165) is 45.6 Å². The summed E-state index contributed by atoms with van der Waals surface area (Å²) >= 11 is 0. The van der Waals surface area contributed by atoms with E-state index >= 15 is 0 Å². The standard InChI is InChI=1S/C12H14N2.C9H13N.C9H12.3C8H12N2.2C8H11N.C7H10N2.9C2H6/c1-8(2)12-10-6-4-5-7-11(10)13-9(3)14-12;1-9(2,3)8-6-4-5-7-10-8;1-8(2)9-6-4-3-5-7-9;1-8(2,3)7-6-9-4-5-10-7;1-8(2,3)7-4-5-9-6-10-7;1-8(2,3)7-5-4-6-9-10-7;1-7(2)8-3-5-9-6-4-8;1-7(2)8-4-3-5-9-6-8;1-6(2)7-8-4-3-5-9-7;9*1-2/h4-8H,1-3H3;4-7H,1-3H3;3-8H,1-2H3;3*4-6H,1-3H3;2*3-7H,1-2H3;3-6H,1-2H3;9*1-2H3. The first-order valence-corrected chi connectivity index (χ1v) is 40.4. The van der Waals surface area contributed by atoms with Gasteiger partial charge < -0.3 is 0 Å². The van der Waals surface area contributed by atoms with Crippen molar-refractivity contribution in [2.45, 2.75) is 335 Å². The van der Waals surface area contributed by atoms with Crippen molar-refractivity contribution in [1.82, 2.24) is 65.0 Å². The average molecular weight is 1490 g/mol. The molecule has 108 heavy (non-hydrogen) atoms. The minimum absolute atomic E-state index is 0.119. The van der Waals surface area contributed by atoms with Crippen molar-refractivity contribution in [3.8, 4) is 0 Å². The zero-order valence-electron chi connectivity index (χ0n) is 76.8. The third kappa shape index (κ3) is 60.5. The molecule has 0 aliphatic rings. The first kappa shape index (κ1) is 115. The summed E-state index contributed by atoms with van der Waals surface area (Å²) in [5.74, 6) is 4.52. The van der Waals surface area contributed by atoms with Gasteiger partial charge in [0.25, 0.3) is 0 Å². The molecule has 8 aromatic heterocycles. The summed E-state index contributed by atoms with van der Waals surface area (Å²) < 4.78 is 0. The fraction of sp³-hybridized carbons (Fsp3) is 0.526. The zero-order valence-corrected chi connectivity index (χ0v) is 76.8. The Morgan fingerprint density at radius 3 is 0.991 bits per heavy atom. The molecule has 0 aliphatic carbocycles. The molecule has 0 bridgehead atoms. The van der Waals surface area contributed by atoms with Crippen LogP contribution >= 0.6 is 0 Å². The summed E-state index contributed by atoms with van der Waals surface area (Å²) in [7, 11) is 0. The third-order valence-electron chi connectivity index (χ3n) is 13.0. The van der Waals surface area contributed by atoms with Crippen molar-refractivity contribution in [1.29, 1.82) is 0 Å². The van der Waals surface area contributed by atoms with Crippen LogP contribution in [0.25, 0.3) is 10.9 Å². The largest absolute Gasteiger partial charge is 0.265 e. The summed E-state index contributed by atoms with van der Waals surface area (Å²) in [4.78, 5) is 45.4. The minimum atomic E-state index is 0.119. The van der Waals surface area contributed by atoms with E-state index in [-0.39, 0.29) is 21.7 Å². The lowest BCUT2D eigenvalue weighted by Crippen LogP contribution is -2.13. The molecule has 0 aliphatic heterocycles. The smallest absolute Gasteiger partial charge is 0.130 e. The summed E-state index contributed by atoms with van der Waals surface area (Å²) in [6, 6.07) is 40.5. The third-order valence-corrected chi connectivity index (χ3v) is 13.0. The van der Waals surface area contributed by atoms with Gasteiger partial charge in [-0.1, -0.05) is 338 Å². The van der Waals surface area contributed by atoms with Crippen LogP contribution in [0.5, 0.6) is 0 Å². The van der Waals surface area contributed by atoms with Gasteiger partial charge in [-0.05, 0) is 108 Å². The number of para-hydroxylation sites is 1. The Hall–Kier alpha value is -8.45. The monoisotopic (exact) mass is 1480 g/mol. The lowest BCUT2D eigenvalue weighted by molar-refractivity contribution is 0.558. The molecule has 8 heterocycles. The van der Waals surface area contributed by atoms with E-state index in [2.05, 4.69) is 260 Å². The number of nitrogens with zero attached hydrogens (tertiary/aromatic N) is 13. The molecule has 2 aromatic carbocycles. The summed E-state index contributed by atoms with van der Waals surface area (Å²) in [5, 5.41) is 8.98. The van der Waals surface area contributed by atoms with Gasteiger partial charge in [0.05, 0.1) is 22.6 Å². The van der Waals surface area contributed by atoms with Crippen molar-refractivity contribution < 1.29 is 0 Å². The summed E-state index contributed by atoms with van der Waals surface area (Å²) in [6.07, 6.45) is 23.0. The van der Waals surface area contributed by atoms with E-state index in [1.807, 2.05) is 235 Å². The molecule has 606 valence electrons. The number of pyridine rings is 3. The molecule has 13 heteroatoms. The Morgan fingerprint density at radius 2 is 0.676 bits per heavy atom. The molecule has 0 saturated heterocycles. The quantitative estimate of drug-likeness (QED) is 0.160. The number of rotatable bonds is 5. The van der Waals surface area contributed by atoms with Crippen molar-refractivity contribution in [3.63, 3.8) is 0 Å². The summed E-state index contributed by atoms with van der Waals surface area (Å²) in [5.41, 5.74) is 11.1. The van der Waals surface area contributed by atoms with Crippen LogP contribution in [0.15, 0.2) is 202 Å². The predicted octanol–water partition coefficient (Wildman–Crippen LogP) is 28.8. The van der Waals surface area contributed by atoms with Crippen LogP contribution in [0.4, 0.5) is 0 Å². The van der Waals surface area contributed by atoms with Gasteiger partial charge >= 0.3 is 0 Å². The van der Waals surface area contributed by atoms with Crippen molar-refractivity contribution >= 4 is 10.9 Å². The van der Waals surface area contributed by atoms with E-state index in [1.54, 1.807) is 55.9 Å². The molecule has 10 rings (SSSR count). The van der Waals surface area contributed by atoms with E-state index in [1.165, 1.54) is 22.1 Å². The van der Waals surface area contributed by atoms with Crippen LogP contribution in [0.3, 0.4) is 0 Å². The van der Waals surface area contributed by atoms with E-state index in [4.69, 9.17) is 0 Å². The first-order valence-electron chi connectivity index (χ1n) is 40.4. The van der Waals surface area contributed by atoms with Gasteiger partial charge in [-0.3, -0.25) is 24.9 Å². The van der Waals surface area contributed by atoms with E-state index in [0.29, 0.717) is 29.6 Å². The lowest BCUT2D eigenvalue weighted by atomic mass is 9.92. The molecule has 0 atom stereocenters. The molecule has 0 spiro atoms. The predicted molar refractivity (Wildman–Crippen MR) is 479 cm³/mol. The average Bonchev–Trinajstić information content (AvgIpc) is 0.810. The van der Waals surface area contributed by atoms with Gasteiger partial charge in [0.2, 0.25) is 0 Å². The fourth-order valence-electron chi connectivity index (χ4n) is 7.50. The molecule has 0 N–H and O–H groups in total. The molecule has 0 saturated carbocycles. The van der Waals surface area contributed by atoms with Crippen molar-refractivity contribution in [2.24, 2.45) is 0 Å². The number of benzene rings is 2. The zero-order chi connectivity index (χ0) is 85.3. The van der Waals surface area contributed by atoms with Crippen LogP contribution in [0, 0.1) is 6.92 Å². The van der Waals surface area contributed by atoms with Crippen LogP contribution in [-0.2, 0) is 21.7 Å². The van der Waals surface area contributed by atoms with Gasteiger partial charge in [0.15, 0.2) is 0 Å². The van der Waals surface area contributed by atoms with Gasteiger partial charge in [-0.2, -0.15) is 10.2 Å². The van der Waals surface area contributed by atoms with Crippen LogP contribution in [0.2, 0.25) is 0 Å². The number of fused-ring (bicyclic) bond motifs is 1. The molecule has 13 nitrogen and oxygen atoms in total. The van der Waals surface area contributed by atoms with Gasteiger partial charge in [0.1, 0.15) is 18.0 Å². The molecule has 0 radical (unpaired) electrons. The topological polar surface area (TPSA) is 168 Å². The number of aromatic nitrogens is 13. The highest BCUT2D eigenvalue weighted by atomic mass is 15.1. The van der Waals surface area contributed by atoms with Crippen molar-refractivity contribution in [2.75, 3.05) is 0 Å². The van der Waals surface area contributed by atoms with Gasteiger partial charge in [-0.15, -0.1) is 0 Å². The molecule has 0 fully saturated rings. The fourth-order valence-corrected chi connectivity index (χ4v) is 7.50. The Bertz CT molecular complexity index is 2990. The molecule has 0 amide bonds. The van der Waals surface area contributed by atoms with Gasteiger partial charge in [0, 0.05) is 119 Å². The van der Waals surface area contributed by atoms with E-state index < -0.39 is 0 Å². The SMILES string of the molecule is CC.CC.CC.CC.CC.CC.CC.CC.CC.CC(C)(C)c1ccccn1.CC(C)(C)c1cccnn1.CC(C)(C)c1ccncn1.CC(C)(C)c1cnccn1.CC(C)c1ccccc1.CC(C)c1cccnc1.CC(C)c1ccncc1.CC(C)c1ncccn1.Cc1nc(C(C)C)c2ccccc2n1. The highest BCUT2D eigenvalue weighted by molar-refractivity contribution is 5.81. The Labute approximate surface area is 666 Å². The van der Waals surface area contributed by atoms with Crippen LogP contribution in [0.1, 0.15) is 363 Å². The maximum Gasteiger partial charge on any atom is 0.130 e. The Balaban J connectivity index is -0.000000169. The second kappa shape index (κ2) is 74.0. The first-order chi connectivity index (χ1) is 51.3. The highest BCUT2D eigenvalue weighted by Crippen LogP contribution is 2.24. The number of hydrogen-bond acceptors (Lipinski definition) is 13.